The fraction of sp³-hybridized carbons (Fsp3) is 0.294. The summed E-state index contributed by atoms with van der Waals surface area (Å²) in [4.78, 5) is 24.8. The summed E-state index contributed by atoms with van der Waals surface area (Å²) in [5.41, 5.74) is 0.841. The van der Waals surface area contributed by atoms with Crippen LogP contribution >= 0.6 is 0 Å². The topological polar surface area (TPSA) is 91.7 Å². The third-order valence-electron chi connectivity index (χ3n) is 4.16. The van der Waals surface area contributed by atoms with E-state index in [-0.39, 0.29) is 23.7 Å². The number of sulfone groups is 1. The number of carbonyl (C=O) groups is 1. The van der Waals surface area contributed by atoms with Gasteiger partial charge in [-0.3, -0.25) is 9.59 Å². The highest BCUT2D eigenvalue weighted by Crippen LogP contribution is 2.38. The smallest absolute Gasteiger partial charge is 0.330 e. The minimum atomic E-state index is -3.80. The molecule has 0 saturated heterocycles. The van der Waals surface area contributed by atoms with Crippen LogP contribution in [0.2, 0.25) is 0 Å². The van der Waals surface area contributed by atoms with Crippen LogP contribution in [0.4, 0.5) is 0 Å². The van der Waals surface area contributed by atoms with E-state index in [2.05, 4.69) is 4.74 Å². The number of aromatic nitrogens is 1. The van der Waals surface area contributed by atoms with Crippen LogP contribution in [0.3, 0.4) is 0 Å². The third-order valence-corrected chi connectivity index (χ3v) is 6.01. The standard InChI is InChI=1S/C17H17NO6S/c1-23-13-8-12-10-25(21,22)15(17(20)24-2)14(12)18(16(13)19)9-11-6-4-3-5-7-11/h3-8,15H,9-10H2,1-2H3. The van der Waals surface area contributed by atoms with E-state index in [1.807, 2.05) is 30.3 Å². The molecule has 1 atom stereocenters. The summed E-state index contributed by atoms with van der Waals surface area (Å²) in [6.07, 6.45) is 0. The Balaban J connectivity index is 2.26. The maximum atomic E-state index is 12.7. The Bertz CT molecular complexity index is 978. The van der Waals surface area contributed by atoms with Gasteiger partial charge in [-0.15, -0.1) is 0 Å². The normalized spacial score (nSPS) is 17.8. The molecule has 0 amide bonds. The summed E-state index contributed by atoms with van der Waals surface area (Å²) in [5, 5.41) is -1.50. The van der Waals surface area contributed by atoms with Crippen LogP contribution in [-0.2, 0) is 31.7 Å². The molecule has 1 unspecified atom stereocenters. The van der Waals surface area contributed by atoms with Crippen LogP contribution in [-0.4, -0.2) is 33.2 Å². The van der Waals surface area contributed by atoms with Gasteiger partial charge in [-0.25, -0.2) is 8.42 Å². The van der Waals surface area contributed by atoms with Crippen LogP contribution in [0.5, 0.6) is 5.75 Å². The maximum absolute atomic E-state index is 12.7. The second-order valence-corrected chi connectivity index (χ2v) is 7.80. The van der Waals surface area contributed by atoms with Crippen molar-refractivity contribution in [3.05, 3.63) is 63.6 Å². The van der Waals surface area contributed by atoms with Gasteiger partial charge < -0.3 is 14.0 Å². The van der Waals surface area contributed by atoms with Gasteiger partial charge >= 0.3 is 5.97 Å². The Morgan fingerprint density at radius 3 is 2.52 bits per heavy atom. The molecule has 0 N–H and O–H groups in total. The molecule has 3 rings (SSSR count). The van der Waals surface area contributed by atoms with E-state index in [1.165, 1.54) is 17.7 Å². The van der Waals surface area contributed by atoms with Crippen molar-refractivity contribution in [2.75, 3.05) is 14.2 Å². The van der Waals surface area contributed by atoms with Crippen molar-refractivity contribution in [2.24, 2.45) is 0 Å². The molecular formula is C17H17NO6S. The summed E-state index contributed by atoms with van der Waals surface area (Å²) in [7, 11) is -1.34. The first kappa shape index (κ1) is 17.2. The zero-order chi connectivity index (χ0) is 18.2. The number of carbonyl (C=O) groups excluding carboxylic acids is 1. The van der Waals surface area contributed by atoms with Crippen molar-refractivity contribution in [1.29, 1.82) is 0 Å². The highest BCUT2D eigenvalue weighted by molar-refractivity contribution is 7.91. The molecule has 7 nitrogen and oxygen atoms in total. The lowest BCUT2D eigenvalue weighted by Crippen LogP contribution is -2.29. The highest BCUT2D eigenvalue weighted by Gasteiger charge is 2.45. The van der Waals surface area contributed by atoms with Gasteiger partial charge in [0.2, 0.25) is 0 Å². The number of methoxy groups -OCH3 is 2. The van der Waals surface area contributed by atoms with Gasteiger partial charge in [0.05, 0.1) is 32.2 Å². The van der Waals surface area contributed by atoms with Crippen molar-refractivity contribution in [3.8, 4) is 5.75 Å². The molecule has 0 fully saturated rings. The number of rotatable bonds is 4. The fourth-order valence-corrected chi connectivity index (χ4v) is 4.88. The molecular weight excluding hydrogens is 346 g/mol. The van der Waals surface area contributed by atoms with Crippen molar-refractivity contribution < 1.29 is 22.7 Å². The lowest BCUT2D eigenvalue weighted by Gasteiger charge is -2.17. The van der Waals surface area contributed by atoms with Crippen LogP contribution in [0.15, 0.2) is 41.2 Å². The van der Waals surface area contributed by atoms with Crippen LogP contribution in [0, 0.1) is 0 Å². The molecule has 132 valence electrons. The van der Waals surface area contributed by atoms with E-state index in [9.17, 15) is 18.0 Å². The molecule has 1 aromatic carbocycles. The van der Waals surface area contributed by atoms with Crippen molar-refractivity contribution in [1.82, 2.24) is 4.57 Å². The zero-order valence-corrected chi connectivity index (χ0v) is 14.6. The van der Waals surface area contributed by atoms with E-state index in [0.717, 1.165) is 12.7 Å². The van der Waals surface area contributed by atoms with Gasteiger partial charge in [0.25, 0.3) is 5.56 Å². The first-order chi connectivity index (χ1) is 11.9. The number of hydrogen-bond acceptors (Lipinski definition) is 6. The van der Waals surface area contributed by atoms with Gasteiger partial charge in [0.15, 0.2) is 20.8 Å². The first-order valence-corrected chi connectivity index (χ1v) is 9.24. The minimum absolute atomic E-state index is 0.0374. The van der Waals surface area contributed by atoms with E-state index >= 15 is 0 Å². The summed E-state index contributed by atoms with van der Waals surface area (Å²) >= 11 is 0. The Hall–Kier alpha value is -2.61. The fourth-order valence-electron chi connectivity index (χ4n) is 3.04. The summed E-state index contributed by atoms with van der Waals surface area (Å²) in [6, 6.07) is 10.5. The first-order valence-electron chi connectivity index (χ1n) is 7.53. The van der Waals surface area contributed by atoms with Crippen LogP contribution in [0.25, 0.3) is 0 Å². The molecule has 2 aromatic rings. The lowest BCUT2D eigenvalue weighted by atomic mass is 10.1. The Kier molecular flexibility index (Phi) is 4.38. The lowest BCUT2D eigenvalue weighted by molar-refractivity contribution is -0.140. The summed E-state index contributed by atoms with van der Waals surface area (Å²) in [6.45, 7) is 0.127. The average molecular weight is 363 g/mol. The number of benzene rings is 1. The molecule has 0 radical (unpaired) electrons. The largest absolute Gasteiger partial charge is 0.491 e. The number of pyridine rings is 1. The van der Waals surface area contributed by atoms with Crippen molar-refractivity contribution in [3.63, 3.8) is 0 Å². The van der Waals surface area contributed by atoms with Gasteiger partial charge in [-0.1, -0.05) is 30.3 Å². The van der Waals surface area contributed by atoms with E-state index < -0.39 is 26.6 Å². The molecule has 0 spiro atoms. The SMILES string of the molecule is COC(=O)C1c2c(cc(OC)c(=O)n2Cc2ccccc2)CS1(=O)=O. The van der Waals surface area contributed by atoms with E-state index in [0.29, 0.717) is 5.56 Å². The predicted molar refractivity (Wildman–Crippen MR) is 90.2 cm³/mol. The molecule has 2 heterocycles. The maximum Gasteiger partial charge on any atom is 0.330 e. The Morgan fingerprint density at radius 1 is 1.24 bits per heavy atom. The molecule has 0 saturated carbocycles. The van der Waals surface area contributed by atoms with E-state index in [4.69, 9.17) is 4.74 Å². The number of nitrogens with zero attached hydrogens (tertiary/aromatic N) is 1. The average Bonchev–Trinajstić information content (AvgIpc) is 2.87. The summed E-state index contributed by atoms with van der Waals surface area (Å²) in [5.74, 6) is -1.20. The van der Waals surface area contributed by atoms with Gasteiger partial charge in [-0.05, 0) is 17.2 Å². The zero-order valence-electron chi connectivity index (χ0n) is 13.8. The molecule has 8 heteroatoms. The molecule has 0 bridgehead atoms. The van der Waals surface area contributed by atoms with Crippen molar-refractivity contribution in [2.45, 2.75) is 17.5 Å². The molecule has 1 aliphatic rings. The van der Waals surface area contributed by atoms with Gasteiger partial charge in [0, 0.05) is 0 Å². The predicted octanol–water partition coefficient (Wildman–Crippen LogP) is 1.05. The quantitative estimate of drug-likeness (QED) is 0.754. The number of esters is 1. The van der Waals surface area contributed by atoms with Crippen molar-refractivity contribution >= 4 is 15.8 Å². The van der Waals surface area contributed by atoms with Gasteiger partial charge in [-0.2, -0.15) is 0 Å². The monoisotopic (exact) mass is 363 g/mol. The van der Waals surface area contributed by atoms with Crippen LogP contribution < -0.4 is 10.3 Å². The summed E-state index contributed by atoms with van der Waals surface area (Å²) < 4.78 is 36.0. The van der Waals surface area contributed by atoms with E-state index in [1.54, 1.807) is 0 Å². The minimum Gasteiger partial charge on any atom is -0.491 e. The molecule has 1 aliphatic heterocycles. The number of ether oxygens (including phenoxy) is 2. The third kappa shape index (κ3) is 2.93. The highest BCUT2D eigenvalue weighted by atomic mass is 32.2. The molecule has 1 aromatic heterocycles. The van der Waals surface area contributed by atoms with Crippen LogP contribution in [0.1, 0.15) is 22.1 Å². The second-order valence-electron chi connectivity index (χ2n) is 5.71. The Labute approximate surface area is 144 Å². The Morgan fingerprint density at radius 2 is 1.92 bits per heavy atom. The number of hydrogen-bond donors (Lipinski definition) is 0. The van der Waals surface area contributed by atoms with Gasteiger partial charge in [0.1, 0.15) is 0 Å². The second kappa shape index (κ2) is 6.36. The number of fused-ring (bicyclic) bond motifs is 1. The molecule has 0 aliphatic carbocycles. The molecule has 25 heavy (non-hydrogen) atoms.